The molecule has 11 heteroatoms. The van der Waals surface area contributed by atoms with Gasteiger partial charge in [0.25, 0.3) is 0 Å². The summed E-state index contributed by atoms with van der Waals surface area (Å²) in [6, 6.07) is 19.5. The van der Waals surface area contributed by atoms with E-state index in [0.29, 0.717) is 12.8 Å². The van der Waals surface area contributed by atoms with Gasteiger partial charge in [0.1, 0.15) is 24.4 Å². The minimum atomic E-state index is -2.27. The number of nitrogens with one attached hydrogen (secondary N) is 1. The normalized spacial score (nSPS) is 19.7. The van der Waals surface area contributed by atoms with Gasteiger partial charge in [-0.1, -0.05) is 165 Å². The maximum absolute atomic E-state index is 13.8. The Bertz CT molecular complexity index is 1540. The highest BCUT2D eigenvalue weighted by atomic mass is 28.4. The molecule has 1 fully saturated rings. The summed E-state index contributed by atoms with van der Waals surface area (Å²) in [4.78, 5) is 40.3. The van der Waals surface area contributed by atoms with Crippen LogP contribution in [0.1, 0.15) is 174 Å². The van der Waals surface area contributed by atoms with Crippen molar-refractivity contribution in [3.05, 3.63) is 71.8 Å². The second-order valence-corrected chi connectivity index (χ2v) is 24.2. The number of hydrogen-bond acceptors (Lipinski definition) is 9. The largest absolute Gasteiger partial charge is 0.462 e. The van der Waals surface area contributed by atoms with Crippen molar-refractivity contribution in [2.24, 2.45) is 0 Å². The van der Waals surface area contributed by atoms with E-state index in [1.165, 1.54) is 43.2 Å². The van der Waals surface area contributed by atoms with Crippen molar-refractivity contribution in [3.8, 4) is 0 Å². The Morgan fingerprint density at radius 2 is 1.19 bits per heavy atom. The van der Waals surface area contributed by atoms with Crippen LogP contribution in [0.5, 0.6) is 0 Å². The van der Waals surface area contributed by atoms with Gasteiger partial charge in [0.2, 0.25) is 5.91 Å². The zero-order valence-corrected chi connectivity index (χ0v) is 41.0. The van der Waals surface area contributed by atoms with Gasteiger partial charge in [-0.05, 0) is 80.6 Å². The Labute approximate surface area is 382 Å². The lowest BCUT2D eigenvalue weighted by Crippen LogP contribution is -2.65. The molecule has 1 unspecified atom stereocenters. The van der Waals surface area contributed by atoms with Gasteiger partial charge >= 0.3 is 11.9 Å². The Kier molecular flexibility index (Phi) is 26.0. The molecule has 63 heavy (non-hydrogen) atoms. The first-order valence-electron chi connectivity index (χ1n) is 24.6. The molecular weight excluding hydrogens is 811 g/mol. The molecule has 1 aliphatic heterocycles. The number of amides is 1. The van der Waals surface area contributed by atoms with Crippen molar-refractivity contribution in [1.82, 2.24) is 5.32 Å². The van der Waals surface area contributed by atoms with Crippen LogP contribution in [0, 0.1) is 0 Å². The van der Waals surface area contributed by atoms with E-state index in [2.05, 4.69) is 82.5 Å². The van der Waals surface area contributed by atoms with E-state index in [0.717, 1.165) is 83.5 Å². The molecule has 1 saturated heterocycles. The van der Waals surface area contributed by atoms with Crippen LogP contribution >= 0.6 is 0 Å². The van der Waals surface area contributed by atoms with E-state index in [9.17, 15) is 24.6 Å². The van der Waals surface area contributed by atoms with Crippen LogP contribution in [0.15, 0.2) is 60.7 Å². The molecule has 1 aliphatic rings. The molecule has 3 rings (SSSR count). The predicted octanol–water partition coefficient (Wildman–Crippen LogP) is 11.1. The fraction of sp³-hybridized carbons (Fsp3) is 0.712. The van der Waals surface area contributed by atoms with Crippen LogP contribution in [-0.2, 0) is 45.9 Å². The van der Waals surface area contributed by atoms with Crippen molar-refractivity contribution < 1.29 is 43.2 Å². The number of rotatable bonds is 32. The van der Waals surface area contributed by atoms with Crippen molar-refractivity contribution in [1.29, 1.82) is 0 Å². The van der Waals surface area contributed by atoms with Gasteiger partial charge < -0.3 is 34.2 Å². The molecule has 2 aromatic carbocycles. The summed E-state index contributed by atoms with van der Waals surface area (Å²) in [6.07, 6.45) is 14.4. The van der Waals surface area contributed by atoms with E-state index < -0.39 is 56.9 Å². The molecule has 0 aliphatic carbocycles. The lowest BCUT2D eigenvalue weighted by Gasteiger charge is -2.44. The number of aliphatic hydroxyl groups is 2. The first-order valence-corrected chi connectivity index (χ1v) is 27.5. The minimum Gasteiger partial charge on any atom is -0.462 e. The van der Waals surface area contributed by atoms with Crippen molar-refractivity contribution >= 4 is 26.2 Å². The molecule has 0 bridgehead atoms. The Balaban J connectivity index is 1.61. The van der Waals surface area contributed by atoms with Gasteiger partial charge in [-0.15, -0.1) is 0 Å². The highest BCUT2D eigenvalue weighted by Crippen LogP contribution is 2.37. The van der Waals surface area contributed by atoms with E-state index >= 15 is 0 Å². The van der Waals surface area contributed by atoms with E-state index in [1.807, 2.05) is 24.3 Å². The molecule has 2 aromatic rings. The summed E-state index contributed by atoms with van der Waals surface area (Å²) < 4.78 is 24.1. The third kappa shape index (κ3) is 22.1. The molecule has 1 amide bonds. The van der Waals surface area contributed by atoms with Crippen LogP contribution in [0.25, 0.3) is 0 Å². The van der Waals surface area contributed by atoms with Gasteiger partial charge in [0.05, 0.1) is 13.0 Å². The average Bonchev–Trinajstić information content (AvgIpc) is 3.24. The van der Waals surface area contributed by atoms with Gasteiger partial charge in [-0.2, -0.15) is 0 Å². The van der Waals surface area contributed by atoms with Crippen molar-refractivity contribution in [3.63, 3.8) is 0 Å². The Hall–Kier alpha value is -3.09. The molecule has 0 saturated carbocycles. The summed E-state index contributed by atoms with van der Waals surface area (Å²) in [5.41, 5.74) is 2.61. The average molecular weight is 896 g/mol. The van der Waals surface area contributed by atoms with Crippen molar-refractivity contribution in [2.45, 2.75) is 230 Å². The maximum Gasteiger partial charge on any atom is 0.306 e. The summed E-state index contributed by atoms with van der Waals surface area (Å²) in [7, 11) is -2.27. The van der Waals surface area contributed by atoms with Gasteiger partial charge in [-0.25, -0.2) is 0 Å². The molecule has 356 valence electrons. The number of unbranched alkanes of at least 4 members (excludes halogenated alkanes) is 14. The number of benzene rings is 2. The number of aryl methyl sites for hydroxylation is 2. The highest BCUT2D eigenvalue weighted by Gasteiger charge is 2.49. The van der Waals surface area contributed by atoms with Crippen molar-refractivity contribution in [2.75, 3.05) is 6.61 Å². The van der Waals surface area contributed by atoms with E-state index in [4.69, 9.17) is 18.6 Å². The maximum atomic E-state index is 13.8. The molecule has 3 N–H and O–H groups in total. The smallest absolute Gasteiger partial charge is 0.306 e. The molecular formula is C52H85NO9Si. The Morgan fingerprint density at radius 1 is 0.698 bits per heavy atom. The van der Waals surface area contributed by atoms with Crippen LogP contribution in [0.2, 0.25) is 18.1 Å². The number of carbonyl (C=O) groups is 3. The summed E-state index contributed by atoms with van der Waals surface area (Å²) in [5, 5.41) is 25.8. The number of esters is 2. The second kappa shape index (κ2) is 30.2. The SMILES string of the molecule is CCCCCCCCCCC[C@@H](CC(=O)N[C@H]1C(O)O[C@H](CO[Si](C)(C)C(C)(C)C)[C@@H](O)[C@@H]1OC(=O)CCCCCCc1ccccc1)OC(=O)CCCCCCc1ccccc1. The fourth-order valence-electron chi connectivity index (χ4n) is 7.86. The fourth-order valence-corrected chi connectivity index (χ4v) is 8.87. The third-order valence-electron chi connectivity index (χ3n) is 12.9. The molecule has 0 radical (unpaired) electrons. The molecule has 6 atom stereocenters. The number of carbonyl (C=O) groups excluding carboxylic acids is 3. The van der Waals surface area contributed by atoms with Crippen LogP contribution < -0.4 is 5.32 Å². The monoisotopic (exact) mass is 896 g/mol. The number of aliphatic hydroxyl groups excluding tert-OH is 2. The summed E-state index contributed by atoms with van der Waals surface area (Å²) in [6.45, 7) is 12.7. The summed E-state index contributed by atoms with van der Waals surface area (Å²) in [5.74, 6) is -1.32. The van der Waals surface area contributed by atoms with Gasteiger partial charge in [0, 0.05) is 12.8 Å². The summed E-state index contributed by atoms with van der Waals surface area (Å²) >= 11 is 0. The predicted molar refractivity (Wildman–Crippen MR) is 255 cm³/mol. The lowest BCUT2D eigenvalue weighted by molar-refractivity contribution is -0.258. The quantitative estimate of drug-likeness (QED) is 0.0372. The minimum absolute atomic E-state index is 0.00532. The Morgan fingerprint density at radius 3 is 1.73 bits per heavy atom. The number of hydrogen-bond donors (Lipinski definition) is 3. The zero-order valence-electron chi connectivity index (χ0n) is 40.0. The third-order valence-corrected chi connectivity index (χ3v) is 17.4. The molecule has 0 aromatic heterocycles. The van der Waals surface area contributed by atoms with Crippen LogP contribution in [-0.4, -0.2) is 79.7 Å². The number of ether oxygens (including phenoxy) is 3. The van der Waals surface area contributed by atoms with E-state index in [1.54, 1.807) is 0 Å². The highest BCUT2D eigenvalue weighted by molar-refractivity contribution is 6.74. The standard InChI is InChI=1S/C52H85NO9Si/c1-7-8-9-10-11-12-13-14-27-36-43(60-46(55)37-28-17-15-21-30-41-32-23-19-24-33-41)39-45(54)53-48-50(49(57)44(61-51(48)58)40-59-63(5,6)52(2,3)4)62-47(56)38-29-18-16-22-31-42-34-25-20-26-35-42/h19-20,23-26,32-35,43-44,48-51,57-58H,7-18,21-22,27-31,36-40H2,1-6H3,(H,53,54)/t43-,44+,48+,49+,50+,51?/m0/s1. The molecule has 0 spiro atoms. The van der Waals surface area contributed by atoms with Crippen LogP contribution in [0.3, 0.4) is 0 Å². The molecule has 10 nitrogen and oxygen atoms in total. The topological polar surface area (TPSA) is 141 Å². The van der Waals surface area contributed by atoms with Gasteiger partial charge in [0.15, 0.2) is 20.7 Å². The first kappa shape index (κ1) is 54.2. The van der Waals surface area contributed by atoms with E-state index in [-0.39, 0.29) is 36.9 Å². The second-order valence-electron chi connectivity index (χ2n) is 19.4. The molecule has 1 heterocycles. The lowest BCUT2D eigenvalue weighted by atomic mass is 9.96. The van der Waals surface area contributed by atoms with Gasteiger partial charge in [-0.3, -0.25) is 14.4 Å². The first-order chi connectivity index (χ1) is 30.2. The van der Waals surface area contributed by atoms with Crippen LogP contribution in [0.4, 0.5) is 0 Å². The zero-order chi connectivity index (χ0) is 45.9.